The first-order valence-electron chi connectivity index (χ1n) is 13.1. The Balaban J connectivity index is 1.47. The fourth-order valence-electron chi connectivity index (χ4n) is 5.63. The molecule has 0 bridgehead atoms. The van der Waals surface area contributed by atoms with Crippen molar-refractivity contribution in [2.24, 2.45) is 0 Å². The van der Waals surface area contributed by atoms with Gasteiger partial charge in [-0.05, 0) is 41.3 Å². The highest BCUT2D eigenvalue weighted by Crippen LogP contribution is 2.34. The summed E-state index contributed by atoms with van der Waals surface area (Å²) < 4.78 is 48.4. The van der Waals surface area contributed by atoms with E-state index < -0.39 is 34.8 Å². The number of hydrogen-bond donors (Lipinski definition) is 1. The number of anilines is 1. The molecular weight excluding hydrogens is 543 g/mol. The zero-order valence-electron chi connectivity index (χ0n) is 22.1. The van der Waals surface area contributed by atoms with Gasteiger partial charge in [0.05, 0.1) is 24.4 Å². The van der Waals surface area contributed by atoms with Gasteiger partial charge in [-0.2, -0.15) is 8.78 Å². The van der Waals surface area contributed by atoms with Crippen LogP contribution in [0.3, 0.4) is 0 Å². The number of pyridine rings is 1. The van der Waals surface area contributed by atoms with Crippen LogP contribution in [-0.2, 0) is 33.5 Å². The molecule has 2 unspecified atom stereocenters. The van der Waals surface area contributed by atoms with Gasteiger partial charge in [0.25, 0.3) is 5.56 Å². The van der Waals surface area contributed by atoms with Gasteiger partial charge < -0.3 is 14.7 Å². The normalized spacial score (nSPS) is 19.2. The van der Waals surface area contributed by atoms with E-state index in [4.69, 9.17) is 4.74 Å². The number of aromatic carboxylic acids is 1. The highest BCUT2D eigenvalue weighted by atomic mass is 19.3. The second-order valence-electron chi connectivity index (χ2n) is 10.0. The van der Waals surface area contributed by atoms with Crippen molar-refractivity contribution >= 4 is 17.6 Å². The minimum Gasteiger partial charge on any atom is -0.477 e. The maximum atomic E-state index is 15.0. The standard InChI is InChI=1S/C29H28F3N3O6/c1-2-19-14-22(27(37)38)26(36)35(29(30,31)28(39)41-32)25(19)20-8-10-21(11-9-20)34-16-23-24(17-34)40-13-12-33(23)15-18-6-4-3-5-7-18/h3-11,14,23-24H,2,12-13,15-17H2,1H3,(H,37,38). The Morgan fingerprint density at radius 1 is 1.10 bits per heavy atom. The third-order valence-corrected chi connectivity index (χ3v) is 7.64. The molecule has 2 saturated heterocycles. The number of carboxylic acid groups (broad SMARTS) is 1. The summed E-state index contributed by atoms with van der Waals surface area (Å²) in [6.45, 7) is 5.06. The van der Waals surface area contributed by atoms with Crippen LogP contribution in [0.4, 0.5) is 19.0 Å². The summed E-state index contributed by atoms with van der Waals surface area (Å²) in [5.74, 6) is -4.40. The number of carbonyl (C=O) groups is 2. The quantitative estimate of drug-likeness (QED) is 0.436. The molecule has 2 aliphatic rings. The lowest BCUT2D eigenvalue weighted by molar-refractivity contribution is -0.226. The Kier molecular flexibility index (Phi) is 7.87. The predicted octanol–water partition coefficient (Wildman–Crippen LogP) is 3.84. The van der Waals surface area contributed by atoms with Crippen LogP contribution in [0.15, 0.2) is 65.5 Å². The molecule has 2 aromatic carbocycles. The van der Waals surface area contributed by atoms with Crippen LogP contribution in [0.5, 0.6) is 0 Å². The van der Waals surface area contributed by atoms with E-state index in [1.54, 1.807) is 19.1 Å². The first-order chi connectivity index (χ1) is 19.6. The number of fused-ring (bicyclic) bond motifs is 1. The molecule has 2 aliphatic heterocycles. The van der Waals surface area contributed by atoms with E-state index in [9.17, 15) is 24.0 Å². The van der Waals surface area contributed by atoms with E-state index in [0.29, 0.717) is 19.7 Å². The van der Waals surface area contributed by atoms with Gasteiger partial charge >= 0.3 is 18.0 Å². The van der Waals surface area contributed by atoms with Gasteiger partial charge in [0.15, 0.2) is 0 Å². The Hall–Kier alpha value is -4.16. The predicted molar refractivity (Wildman–Crippen MR) is 142 cm³/mol. The average Bonchev–Trinajstić information content (AvgIpc) is 3.42. The van der Waals surface area contributed by atoms with E-state index in [2.05, 4.69) is 26.9 Å². The van der Waals surface area contributed by atoms with Crippen LogP contribution >= 0.6 is 0 Å². The molecule has 2 fully saturated rings. The number of nitrogens with zero attached hydrogens (tertiary/aromatic N) is 3. The molecular formula is C29H28F3N3O6. The smallest absolute Gasteiger partial charge is 0.440 e. The summed E-state index contributed by atoms with van der Waals surface area (Å²) in [5.41, 5.74) is -0.886. The molecule has 1 N–H and O–H groups in total. The van der Waals surface area contributed by atoms with Gasteiger partial charge in [-0.1, -0.05) is 49.4 Å². The Morgan fingerprint density at radius 2 is 1.80 bits per heavy atom. The SMILES string of the molecule is CCc1cc(C(=O)O)c(=O)n(C(F)(F)C(=O)OF)c1-c1ccc(N2CC3OCCN(Cc4ccccc4)C3C2)cc1. The van der Waals surface area contributed by atoms with Crippen LogP contribution in [0.25, 0.3) is 11.3 Å². The number of morpholine rings is 1. The van der Waals surface area contributed by atoms with Gasteiger partial charge in [-0.15, -0.1) is 0 Å². The number of benzene rings is 2. The van der Waals surface area contributed by atoms with E-state index in [0.717, 1.165) is 24.8 Å². The van der Waals surface area contributed by atoms with Crippen molar-refractivity contribution in [2.45, 2.75) is 38.1 Å². The molecule has 3 aromatic rings. The number of hydrogen-bond acceptors (Lipinski definition) is 7. The van der Waals surface area contributed by atoms with Crippen molar-refractivity contribution in [3.63, 3.8) is 0 Å². The fraction of sp³-hybridized carbons (Fsp3) is 0.345. The summed E-state index contributed by atoms with van der Waals surface area (Å²) in [6, 6.07) is 12.9. The van der Waals surface area contributed by atoms with Crippen LogP contribution in [0, 0.1) is 0 Å². The highest BCUT2D eigenvalue weighted by molar-refractivity contribution is 5.89. The van der Waals surface area contributed by atoms with Gasteiger partial charge in [0, 0.05) is 36.4 Å². The molecule has 0 saturated carbocycles. The zero-order valence-corrected chi connectivity index (χ0v) is 22.1. The average molecular weight is 572 g/mol. The molecule has 0 spiro atoms. The van der Waals surface area contributed by atoms with E-state index in [-0.39, 0.29) is 34.3 Å². The van der Waals surface area contributed by atoms with Crippen molar-refractivity contribution < 1.29 is 37.7 Å². The molecule has 41 heavy (non-hydrogen) atoms. The van der Waals surface area contributed by atoms with E-state index in [1.807, 2.05) is 18.2 Å². The number of alkyl halides is 2. The monoisotopic (exact) mass is 571 g/mol. The summed E-state index contributed by atoms with van der Waals surface area (Å²) in [6.07, 6.45) is 0.0284. The topological polar surface area (TPSA) is 101 Å². The first kappa shape index (κ1) is 28.4. The van der Waals surface area contributed by atoms with Gasteiger partial charge in [0.2, 0.25) is 0 Å². The Morgan fingerprint density at radius 3 is 2.44 bits per heavy atom. The van der Waals surface area contributed by atoms with Crippen LogP contribution in [-0.4, -0.2) is 64.9 Å². The van der Waals surface area contributed by atoms with Crippen molar-refractivity contribution in [2.75, 3.05) is 31.1 Å². The van der Waals surface area contributed by atoms with Crippen molar-refractivity contribution in [3.8, 4) is 11.3 Å². The minimum absolute atomic E-state index is 0.0158. The number of ether oxygens (including phenoxy) is 1. The zero-order chi connectivity index (χ0) is 29.3. The molecule has 9 nitrogen and oxygen atoms in total. The second kappa shape index (κ2) is 11.4. The molecule has 0 radical (unpaired) electrons. The molecule has 3 heterocycles. The third kappa shape index (κ3) is 5.32. The number of aryl methyl sites for hydroxylation is 1. The summed E-state index contributed by atoms with van der Waals surface area (Å²) in [5, 5.41) is 9.41. The summed E-state index contributed by atoms with van der Waals surface area (Å²) >= 11 is 0. The molecule has 2 atom stereocenters. The number of aromatic nitrogens is 1. The number of rotatable bonds is 8. The van der Waals surface area contributed by atoms with Crippen LogP contribution in [0.2, 0.25) is 0 Å². The molecule has 5 rings (SSSR count). The van der Waals surface area contributed by atoms with Gasteiger partial charge in [-0.25, -0.2) is 19.1 Å². The highest BCUT2D eigenvalue weighted by Gasteiger charge is 2.48. The third-order valence-electron chi connectivity index (χ3n) is 7.64. The number of carboxylic acids is 1. The molecule has 216 valence electrons. The lowest BCUT2D eigenvalue weighted by Crippen LogP contribution is -2.50. The van der Waals surface area contributed by atoms with Crippen molar-refractivity contribution in [1.29, 1.82) is 0 Å². The van der Waals surface area contributed by atoms with E-state index >= 15 is 8.78 Å². The Bertz CT molecular complexity index is 1500. The van der Waals surface area contributed by atoms with Crippen molar-refractivity contribution in [3.05, 3.63) is 87.7 Å². The summed E-state index contributed by atoms with van der Waals surface area (Å²) in [7, 11) is 0. The van der Waals surface area contributed by atoms with E-state index in [1.165, 1.54) is 17.7 Å². The maximum Gasteiger partial charge on any atom is 0.440 e. The molecule has 0 aliphatic carbocycles. The van der Waals surface area contributed by atoms with Crippen LogP contribution in [0.1, 0.15) is 28.4 Å². The summed E-state index contributed by atoms with van der Waals surface area (Å²) in [4.78, 5) is 43.4. The Labute approximate surface area is 233 Å². The van der Waals surface area contributed by atoms with Crippen molar-refractivity contribution in [1.82, 2.24) is 9.47 Å². The lowest BCUT2D eigenvalue weighted by Gasteiger charge is -2.36. The number of carbonyl (C=O) groups excluding carboxylic acids is 1. The van der Waals surface area contributed by atoms with Crippen LogP contribution < -0.4 is 10.5 Å². The largest absolute Gasteiger partial charge is 0.477 e. The lowest BCUT2D eigenvalue weighted by atomic mass is 10.0. The fourth-order valence-corrected chi connectivity index (χ4v) is 5.63. The minimum atomic E-state index is -4.81. The molecule has 1 aromatic heterocycles. The number of halogens is 3. The first-order valence-corrected chi connectivity index (χ1v) is 13.1. The van der Waals surface area contributed by atoms with Gasteiger partial charge in [-0.3, -0.25) is 9.69 Å². The second-order valence-corrected chi connectivity index (χ2v) is 10.0. The molecule has 12 heteroatoms. The van der Waals surface area contributed by atoms with Gasteiger partial charge in [0.1, 0.15) is 5.56 Å². The maximum absolute atomic E-state index is 15.0. The molecule has 0 amide bonds.